The molecule has 0 saturated heterocycles. The van der Waals surface area contributed by atoms with Crippen LogP contribution in [0.5, 0.6) is 0 Å². The molecule has 1 aromatic rings. The van der Waals surface area contributed by atoms with Gasteiger partial charge in [-0.1, -0.05) is 12.1 Å². The number of carbonyl (C=O) groups excluding carboxylic acids is 1. The van der Waals surface area contributed by atoms with Gasteiger partial charge in [0.15, 0.2) is 5.82 Å². The van der Waals surface area contributed by atoms with E-state index in [1.54, 1.807) is 0 Å². The molecule has 0 spiro atoms. The predicted molar refractivity (Wildman–Crippen MR) is 75.7 cm³/mol. The zero-order valence-corrected chi connectivity index (χ0v) is 13.1. The van der Waals surface area contributed by atoms with Crippen LogP contribution in [0.3, 0.4) is 0 Å². The Morgan fingerprint density at radius 1 is 1.43 bits per heavy atom. The molecule has 0 radical (unpaired) electrons. The molecule has 0 bridgehead atoms. The third-order valence-corrected chi connectivity index (χ3v) is 4.24. The monoisotopic (exact) mass is 293 g/mol. The Labute approximate surface area is 124 Å². The average molecular weight is 293 g/mol. The van der Waals surface area contributed by atoms with E-state index in [0.717, 1.165) is 25.7 Å². The quantitative estimate of drug-likeness (QED) is 0.926. The van der Waals surface area contributed by atoms with Gasteiger partial charge < -0.3 is 14.6 Å². The molecule has 6 heteroatoms. The van der Waals surface area contributed by atoms with Crippen LogP contribution >= 0.6 is 0 Å². The highest BCUT2D eigenvalue weighted by Crippen LogP contribution is 2.47. The molecular formula is C15H23N3O3. The molecule has 0 aromatic carbocycles. The number of hydrogen-bond donors (Lipinski definition) is 1. The van der Waals surface area contributed by atoms with Gasteiger partial charge in [-0.2, -0.15) is 4.98 Å². The lowest BCUT2D eigenvalue weighted by Gasteiger charge is -2.39. The minimum absolute atomic E-state index is 0.393. The highest BCUT2D eigenvalue weighted by molar-refractivity contribution is 5.69. The lowest BCUT2D eigenvalue weighted by atomic mass is 9.76. The summed E-state index contributed by atoms with van der Waals surface area (Å²) in [6, 6.07) is 0. The normalized spacial score (nSPS) is 26.9. The lowest BCUT2D eigenvalue weighted by molar-refractivity contribution is 0.0362. The van der Waals surface area contributed by atoms with Crippen LogP contribution in [0.2, 0.25) is 0 Å². The molecule has 0 unspecified atom stereocenters. The Morgan fingerprint density at radius 2 is 2.10 bits per heavy atom. The molecule has 1 N–H and O–H groups in total. The summed E-state index contributed by atoms with van der Waals surface area (Å²) in [6.07, 6.45) is 3.37. The molecule has 1 aromatic heterocycles. The van der Waals surface area contributed by atoms with Crippen molar-refractivity contribution in [3.63, 3.8) is 0 Å². The van der Waals surface area contributed by atoms with Crippen molar-refractivity contribution in [3.05, 3.63) is 11.7 Å². The van der Waals surface area contributed by atoms with E-state index in [4.69, 9.17) is 9.26 Å². The number of hydrogen-bond acceptors (Lipinski definition) is 5. The molecule has 2 saturated carbocycles. The van der Waals surface area contributed by atoms with E-state index in [1.807, 2.05) is 20.8 Å². The van der Waals surface area contributed by atoms with Crippen molar-refractivity contribution >= 4 is 6.09 Å². The van der Waals surface area contributed by atoms with Gasteiger partial charge in [-0.3, -0.25) is 0 Å². The van der Waals surface area contributed by atoms with E-state index in [9.17, 15) is 4.79 Å². The van der Waals surface area contributed by atoms with Crippen LogP contribution in [0.4, 0.5) is 4.79 Å². The molecule has 2 aliphatic rings. The molecule has 2 fully saturated rings. The van der Waals surface area contributed by atoms with Crippen LogP contribution < -0.4 is 5.32 Å². The minimum atomic E-state index is -0.513. The number of amides is 1. The van der Waals surface area contributed by atoms with Gasteiger partial charge in [-0.25, -0.2) is 4.79 Å². The maximum Gasteiger partial charge on any atom is 0.408 e. The molecule has 116 valence electrons. The van der Waals surface area contributed by atoms with Gasteiger partial charge in [0.1, 0.15) is 11.1 Å². The summed E-state index contributed by atoms with van der Waals surface area (Å²) < 4.78 is 10.7. The first kappa shape index (κ1) is 14.4. The van der Waals surface area contributed by atoms with E-state index in [2.05, 4.69) is 22.4 Å². The highest BCUT2D eigenvalue weighted by Gasteiger charge is 2.47. The maximum absolute atomic E-state index is 12.0. The Morgan fingerprint density at radius 3 is 2.57 bits per heavy atom. The van der Waals surface area contributed by atoms with Crippen molar-refractivity contribution in [2.45, 2.75) is 70.4 Å². The second kappa shape index (κ2) is 4.71. The summed E-state index contributed by atoms with van der Waals surface area (Å²) in [7, 11) is 0. The van der Waals surface area contributed by atoms with Crippen LogP contribution in [0, 0.1) is 5.92 Å². The second-order valence-corrected chi connectivity index (χ2v) is 7.34. The first-order valence-electron chi connectivity index (χ1n) is 7.64. The highest BCUT2D eigenvalue weighted by atomic mass is 16.6. The Bertz CT molecular complexity index is 543. The van der Waals surface area contributed by atoms with E-state index in [0.29, 0.717) is 23.6 Å². The van der Waals surface area contributed by atoms with Gasteiger partial charge in [0, 0.05) is 5.92 Å². The van der Waals surface area contributed by atoms with E-state index in [-0.39, 0.29) is 0 Å². The molecular weight excluding hydrogens is 270 g/mol. The number of ether oxygens (including phenoxy) is 1. The number of aromatic nitrogens is 2. The summed E-state index contributed by atoms with van der Waals surface area (Å²) in [6.45, 7) is 7.72. The summed E-state index contributed by atoms with van der Waals surface area (Å²) in [4.78, 5) is 16.5. The van der Waals surface area contributed by atoms with Gasteiger partial charge in [0.25, 0.3) is 0 Å². The van der Waals surface area contributed by atoms with E-state index < -0.39 is 17.2 Å². The van der Waals surface area contributed by atoms with Crippen LogP contribution in [0.1, 0.15) is 71.0 Å². The van der Waals surface area contributed by atoms with Gasteiger partial charge >= 0.3 is 6.09 Å². The molecule has 21 heavy (non-hydrogen) atoms. The fourth-order valence-electron chi connectivity index (χ4n) is 2.68. The van der Waals surface area contributed by atoms with E-state index >= 15 is 0 Å². The lowest BCUT2D eigenvalue weighted by Crippen LogP contribution is -2.52. The third-order valence-electron chi connectivity index (χ3n) is 4.24. The van der Waals surface area contributed by atoms with Gasteiger partial charge in [-0.15, -0.1) is 0 Å². The van der Waals surface area contributed by atoms with Crippen molar-refractivity contribution in [1.82, 2.24) is 15.5 Å². The topological polar surface area (TPSA) is 77.2 Å². The summed E-state index contributed by atoms with van der Waals surface area (Å²) in [5.41, 5.74) is -1.02. The molecule has 2 aliphatic carbocycles. The third kappa shape index (κ3) is 2.89. The van der Waals surface area contributed by atoms with Crippen LogP contribution in [0.15, 0.2) is 4.52 Å². The molecule has 6 nitrogen and oxygen atoms in total. The zero-order valence-electron chi connectivity index (χ0n) is 13.1. The first-order valence-corrected chi connectivity index (χ1v) is 7.64. The number of nitrogens with one attached hydrogen (secondary N) is 1. The summed E-state index contributed by atoms with van der Waals surface area (Å²) in [5, 5.41) is 7.04. The fraction of sp³-hybridized carbons (Fsp3) is 0.800. The van der Waals surface area contributed by atoms with Crippen molar-refractivity contribution < 1.29 is 14.1 Å². The Balaban J connectivity index is 1.71. The van der Waals surface area contributed by atoms with Crippen LogP contribution in [-0.2, 0) is 10.3 Å². The molecule has 2 atom stereocenters. The van der Waals surface area contributed by atoms with Crippen molar-refractivity contribution in [2.75, 3.05) is 0 Å². The largest absolute Gasteiger partial charge is 0.444 e. The number of nitrogens with zero attached hydrogens (tertiary/aromatic N) is 2. The second-order valence-electron chi connectivity index (χ2n) is 7.34. The average Bonchev–Trinajstić information content (AvgIpc) is 2.85. The minimum Gasteiger partial charge on any atom is -0.444 e. The van der Waals surface area contributed by atoms with Crippen LogP contribution in [-0.4, -0.2) is 21.8 Å². The fourth-order valence-corrected chi connectivity index (χ4v) is 2.68. The number of rotatable bonds is 3. The molecule has 3 rings (SSSR count). The SMILES string of the molecule is C[C@@H]1C[C@@H]1c1nc(C2(NC(=O)OC(C)(C)C)CCC2)no1. The van der Waals surface area contributed by atoms with Crippen molar-refractivity contribution in [2.24, 2.45) is 5.92 Å². The van der Waals surface area contributed by atoms with Crippen molar-refractivity contribution in [1.29, 1.82) is 0 Å². The Hall–Kier alpha value is -1.59. The molecule has 0 aliphatic heterocycles. The Kier molecular flexibility index (Phi) is 3.22. The number of carbonyl (C=O) groups is 1. The zero-order chi connectivity index (χ0) is 15.3. The standard InChI is InChI=1S/C15H23N3O3/c1-9-8-10(9)11-16-12(18-21-11)15(6-5-7-15)17-13(19)20-14(2,3)4/h9-10H,5-8H2,1-4H3,(H,17,19)/t9-,10+/m1/s1. The smallest absolute Gasteiger partial charge is 0.408 e. The summed E-state index contributed by atoms with van der Waals surface area (Å²) in [5.74, 6) is 2.31. The van der Waals surface area contributed by atoms with Gasteiger partial charge in [0.05, 0.1) is 0 Å². The van der Waals surface area contributed by atoms with Crippen molar-refractivity contribution in [3.8, 4) is 0 Å². The molecule has 1 amide bonds. The predicted octanol–water partition coefficient (Wildman–Crippen LogP) is 3.10. The van der Waals surface area contributed by atoms with Gasteiger partial charge in [0.2, 0.25) is 5.89 Å². The first-order chi connectivity index (χ1) is 9.79. The number of alkyl carbamates (subject to hydrolysis) is 1. The van der Waals surface area contributed by atoms with Crippen LogP contribution in [0.25, 0.3) is 0 Å². The summed E-state index contributed by atoms with van der Waals surface area (Å²) >= 11 is 0. The maximum atomic E-state index is 12.0. The molecule has 1 heterocycles. The van der Waals surface area contributed by atoms with Gasteiger partial charge in [-0.05, 0) is 52.4 Å². The van der Waals surface area contributed by atoms with E-state index in [1.165, 1.54) is 0 Å².